The lowest BCUT2D eigenvalue weighted by Gasteiger charge is -2.12. The Kier molecular flexibility index (Phi) is 5.79. The number of hydrogen-bond donors (Lipinski definition) is 3. The summed E-state index contributed by atoms with van der Waals surface area (Å²) >= 11 is 0. The third-order valence-corrected chi connectivity index (χ3v) is 3.49. The van der Waals surface area contributed by atoms with E-state index in [1.165, 1.54) is 10.9 Å². The summed E-state index contributed by atoms with van der Waals surface area (Å²) in [6, 6.07) is -1.31. The molecule has 1 atom stereocenters. The molecule has 0 radical (unpaired) electrons. The maximum atomic E-state index is 11.8. The largest absolute Gasteiger partial charge is 0.480 e. The molecule has 1 heterocycles. The number of amides is 1. The van der Waals surface area contributed by atoms with Gasteiger partial charge in [0, 0.05) is 12.8 Å². The number of aromatic nitrogens is 3. The van der Waals surface area contributed by atoms with Crippen molar-refractivity contribution in [2.75, 3.05) is 18.6 Å². The van der Waals surface area contributed by atoms with Crippen LogP contribution >= 0.6 is 0 Å². The average Bonchev–Trinajstić information content (AvgIpc) is 2.81. The molecule has 0 saturated carbocycles. The molecule has 1 aromatic rings. The van der Waals surface area contributed by atoms with E-state index in [4.69, 9.17) is 10.8 Å². The summed E-state index contributed by atoms with van der Waals surface area (Å²) in [7, 11) is -3.32. The van der Waals surface area contributed by atoms with Crippen LogP contribution in [0, 0.1) is 0 Å². The predicted octanol–water partition coefficient (Wildman–Crippen LogP) is -2.15. The third-order valence-electron chi connectivity index (χ3n) is 2.51. The molecule has 10 nitrogen and oxygen atoms in total. The van der Waals surface area contributed by atoms with Crippen molar-refractivity contribution in [3.05, 3.63) is 11.9 Å². The fraction of sp³-hybridized carbons (Fsp3) is 0.600. The van der Waals surface area contributed by atoms with Crippen LogP contribution in [0.3, 0.4) is 0 Å². The van der Waals surface area contributed by atoms with Gasteiger partial charge in [-0.2, -0.15) is 0 Å². The predicted molar refractivity (Wildman–Crippen MR) is 72.3 cm³/mol. The van der Waals surface area contributed by atoms with E-state index in [0.29, 0.717) is 13.1 Å². The molecule has 1 unspecified atom stereocenters. The number of carboxylic acid groups (broad SMARTS) is 1. The van der Waals surface area contributed by atoms with Crippen molar-refractivity contribution >= 4 is 21.7 Å². The zero-order valence-electron chi connectivity index (χ0n) is 11.4. The molecule has 0 bridgehead atoms. The summed E-state index contributed by atoms with van der Waals surface area (Å²) in [6.45, 7) is 0.688. The number of nitrogens with two attached hydrogens (primary N) is 1. The fourth-order valence-corrected chi connectivity index (χ4v) is 2.13. The van der Waals surface area contributed by atoms with E-state index in [1.54, 1.807) is 0 Å². The van der Waals surface area contributed by atoms with Gasteiger partial charge in [0.1, 0.15) is 15.9 Å². The van der Waals surface area contributed by atoms with Crippen molar-refractivity contribution in [1.82, 2.24) is 20.3 Å². The minimum Gasteiger partial charge on any atom is -0.480 e. The fourth-order valence-electron chi connectivity index (χ4n) is 1.47. The number of carbonyl (C=O) groups excluding carboxylic acids is 1. The molecule has 1 rings (SSSR count). The van der Waals surface area contributed by atoms with Crippen molar-refractivity contribution in [2.45, 2.75) is 19.0 Å². The van der Waals surface area contributed by atoms with Gasteiger partial charge in [0.15, 0.2) is 5.69 Å². The standard InChI is InChI=1S/C10H17N5O5S/c1-21(19,20)5-2-7(10(17)18)12-9(16)8-6-15(4-3-11)14-13-8/h6-7H,2-5,11H2,1H3,(H,12,16)(H,17,18). The van der Waals surface area contributed by atoms with Crippen molar-refractivity contribution in [2.24, 2.45) is 5.73 Å². The van der Waals surface area contributed by atoms with Gasteiger partial charge >= 0.3 is 5.97 Å². The van der Waals surface area contributed by atoms with Crippen molar-refractivity contribution in [3.63, 3.8) is 0 Å². The summed E-state index contributed by atoms with van der Waals surface area (Å²) in [4.78, 5) is 22.9. The molecule has 0 aliphatic heterocycles. The third kappa shape index (κ3) is 5.87. The second-order valence-corrected chi connectivity index (χ2v) is 6.70. The van der Waals surface area contributed by atoms with Crippen LogP contribution in [-0.2, 0) is 21.2 Å². The molecule has 1 amide bonds. The first-order chi connectivity index (χ1) is 9.73. The van der Waals surface area contributed by atoms with Crippen LogP contribution < -0.4 is 11.1 Å². The Morgan fingerprint density at radius 2 is 2.19 bits per heavy atom. The van der Waals surface area contributed by atoms with Crippen LogP contribution in [0.1, 0.15) is 16.9 Å². The van der Waals surface area contributed by atoms with Gasteiger partial charge in [-0.05, 0) is 6.42 Å². The van der Waals surface area contributed by atoms with Crippen LogP contribution in [0.2, 0.25) is 0 Å². The zero-order valence-corrected chi connectivity index (χ0v) is 12.2. The van der Waals surface area contributed by atoms with E-state index in [9.17, 15) is 18.0 Å². The molecule has 21 heavy (non-hydrogen) atoms. The monoisotopic (exact) mass is 319 g/mol. The van der Waals surface area contributed by atoms with Crippen LogP contribution in [0.15, 0.2) is 6.20 Å². The topological polar surface area (TPSA) is 157 Å². The van der Waals surface area contributed by atoms with E-state index in [0.717, 1.165) is 6.26 Å². The highest BCUT2D eigenvalue weighted by Gasteiger charge is 2.23. The Morgan fingerprint density at radius 1 is 1.52 bits per heavy atom. The number of carbonyl (C=O) groups is 2. The van der Waals surface area contributed by atoms with Gasteiger partial charge in [-0.25, -0.2) is 13.2 Å². The number of carboxylic acids is 1. The first-order valence-corrected chi connectivity index (χ1v) is 8.10. The molecule has 0 aromatic carbocycles. The van der Waals surface area contributed by atoms with Crippen molar-refractivity contribution < 1.29 is 23.1 Å². The van der Waals surface area contributed by atoms with Gasteiger partial charge in [-0.3, -0.25) is 9.48 Å². The van der Waals surface area contributed by atoms with E-state index < -0.39 is 27.8 Å². The lowest BCUT2D eigenvalue weighted by molar-refractivity contribution is -0.139. The molecular weight excluding hydrogens is 302 g/mol. The van der Waals surface area contributed by atoms with Crippen molar-refractivity contribution in [1.29, 1.82) is 0 Å². The van der Waals surface area contributed by atoms with Gasteiger partial charge in [0.25, 0.3) is 5.91 Å². The maximum absolute atomic E-state index is 11.8. The minimum atomic E-state index is -3.32. The van der Waals surface area contributed by atoms with Gasteiger partial charge in [-0.1, -0.05) is 5.21 Å². The maximum Gasteiger partial charge on any atom is 0.326 e. The highest BCUT2D eigenvalue weighted by atomic mass is 32.2. The van der Waals surface area contributed by atoms with Gasteiger partial charge < -0.3 is 16.2 Å². The van der Waals surface area contributed by atoms with E-state index >= 15 is 0 Å². The van der Waals surface area contributed by atoms with Crippen LogP contribution in [0.5, 0.6) is 0 Å². The molecule has 1 aromatic heterocycles. The molecule has 0 aliphatic carbocycles. The van der Waals surface area contributed by atoms with Gasteiger partial charge in [-0.15, -0.1) is 5.10 Å². The molecular formula is C10H17N5O5S. The Labute approximate surface area is 121 Å². The van der Waals surface area contributed by atoms with E-state index in [1.807, 2.05) is 0 Å². The Hall–Kier alpha value is -2.01. The Balaban J connectivity index is 2.69. The smallest absolute Gasteiger partial charge is 0.326 e. The highest BCUT2D eigenvalue weighted by molar-refractivity contribution is 7.90. The second kappa shape index (κ2) is 7.13. The molecule has 4 N–H and O–H groups in total. The van der Waals surface area contributed by atoms with Crippen LogP contribution in [-0.4, -0.2) is 65.0 Å². The number of hydrogen-bond acceptors (Lipinski definition) is 7. The summed E-state index contributed by atoms with van der Waals surface area (Å²) < 4.78 is 23.4. The molecule has 0 fully saturated rings. The Morgan fingerprint density at radius 3 is 2.71 bits per heavy atom. The number of aliphatic carboxylic acids is 1. The van der Waals surface area contributed by atoms with Crippen molar-refractivity contribution in [3.8, 4) is 0 Å². The van der Waals surface area contributed by atoms with Gasteiger partial charge in [0.2, 0.25) is 0 Å². The normalized spacial score (nSPS) is 12.9. The summed E-state index contributed by atoms with van der Waals surface area (Å²) in [6.07, 6.45) is 2.10. The van der Waals surface area contributed by atoms with E-state index in [2.05, 4.69) is 15.6 Å². The summed E-state index contributed by atoms with van der Waals surface area (Å²) in [5, 5.41) is 18.4. The quantitative estimate of drug-likeness (QED) is 0.489. The zero-order chi connectivity index (χ0) is 16.0. The molecule has 0 spiro atoms. The van der Waals surface area contributed by atoms with Gasteiger partial charge in [0.05, 0.1) is 18.5 Å². The molecule has 0 aliphatic rings. The second-order valence-electron chi connectivity index (χ2n) is 4.44. The lowest BCUT2D eigenvalue weighted by Crippen LogP contribution is -2.42. The first-order valence-electron chi connectivity index (χ1n) is 6.04. The molecule has 11 heteroatoms. The average molecular weight is 319 g/mol. The SMILES string of the molecule is CS(=O)(=O)CCC(NC(=O)c1cn(CCN)nn1)C(=O)O. The van der Waals surface area contributed by atoms with Crippen LogP contribution in [0.25, 0.3) is 0 Å². The van der Waals surface area contributed by atoms with Crippen LogP contribution in [0.4, 0.5) is 0 Å². The number of rotatable bonds is 8. The number of nitrogens with zero attached hydrogens (tertiary/aromatic N) is 3. The van der Waals surface area contributed by atoms with E-state index in [-0.39, 0.29) is 17.9 Å². The lowest BCUT2D eigenvalue weighted by atomic mass is 10.2. The minimum absolute atomic E-state index is 0.0611. The first kappa shape index (κ1) is 17.0. The highest BCUT2D eigenvalue weighted by Crippen LogP contribution is 2.00. The summed E-state index contributed by atoms with van der Waals surface area (Å²) in [5.74, 6) is -2.40. The number of nitrogens with one attached hydrogen (secondary N) is 1. The molecule has 118 valence electrons. The molecule has 0 saturated heterocycles. The number of sulfone groups is 1. The Bertz CT molecular complexity index is 611. The summed E-state index contributed by atoms with van der Waals surface area (Å²) in [5.41, 5.74) is 5.26.